The lowest BCUT2D eigenvalue weighted by Gasteiger charge is -2.39. The minimum absolute atomic E-state index is 0.0152. The van der Waals surface area contributed by atoms with E-state index in [1.807, 2.05) is 6.92 Å². The summed E-state index contributed by atoms with van der Waals surface area (Å²) in [5.74, 6) is -2.03. The van der Waals surface area contributed by atoms with Gasteiger partial charge in [0, 0.05) is 22.4 Å². The lowest BCUT2D eigenvalue weighted by molar-refractivity contribution is -0.142. The highest BCUT2D eigenvalue weighted by atomic mass is 32.2. The molecule has 1 atom stereocenters. The van der Waals surface area contributed by atoms with Gasteiger partial charge in [-0.3, -0.25) is 4.79 Å². The number of alkyl halides is 3. The lowest BCUT2D eigenvalue weighted by atomic mass is 9.65. The van der Waals surface area contributed by atoms with Crippen molar-refractivity contribution in [3.05, 3.63) is 70.2 Å². The van der Waals surface area contributed by atoms with Crippen molar-refractivity contribution in [1.29, 1.82) is 4.78 Å². The molecule has 1 unspecified atom stereocenters. The summed E-state index contributed by atoms with van der Waals surface area (Å²) in [6, 6.07) is 8.70. The minimum Gasteiger partial charge on any atom is -0.437 e. The fourth-order valence-corrected chi connectivity index (χ4v) is 5.13. The second kappa shape index (κ2) is 9.64. The van der Waals surface area contributed by atoms with E-state index in [9.17, 15) is 22.2 Å². The number of aromatic nitrogens is 2. The molecule has 3 aromatic rings. The normalized spacial score (nSPS) is 16.3. The molecule has 1 fully saturated rings. The zero-order valence-electron chi connectivity index (χ0n) is 21.1. The van der Waals surface area contributed by atoms with E-state index in [0.717, 1.165) is 26.2 Å². The van der Waals surface area contributed by atoms with Crippen LogP contribution in [-0.4, -0.2) is 26.6 Å². The Balaban J connectivity index is 1.76. The molecule has 38 heavy (non-hydrogen) atoms. The maximum absolute atomic E-state index is 15.3. The molecule has 0 aliphatic heterocycles. The fourth-order valence-electron chi connectivity index (χ4n) is 4.44. The molecule has 0 spiro atoms. The van der Waals surface area contributed by atoms with Crippen LogP contribution in [0, 0.1) is 24.4 Å². The Hall–Kier alpha value is -3.54. The van der Waals surface area contributed by atoms with Gasteiger partial charge < -0.3 is 10.1 Å². The Morgan fingerprint density at radius 1 is 1.13 bits per heavy atom. The molecule has 4 rings (SSSR count). The number of ether oxygens (including phenoxy) is 1. The predicted molar refractivity (Wildman–Crippen MR) is 134 cm³/mol. The Bertz CT molecular complexity index is 1530. The average Bonchev–Trinajstić information content (AvgIpc) is 2.79. The summed E-state index contributed by atoms with van der Waals surface area (Å²) in [6.07, 6.45) is -1.03. The number of hydrogen-bond donors (Lipinski definition) is 2. The Morgan fingerprint density at radius 2 is 1.82 bits per heavy atom. The van der Waals surface area contributed by atoms with Crippen LogP contribution in [0.15, 0.2) is 41.3 Å². The van der Waals surface area contributed by atoms with Crippen molar-refractivity contribution in [1.82, 2.24) is 10.2 Å². The van der Waals surface area contributed by atoms with Gasteiger partial charge in [-0.05, 0) is 67.5 Å². The molecule has 202 valence electrons. The number of halogens is 4. The SMILES string of the molecule is Cc1c(Oc2nnc(C(F)(F)F)c(C)c2C(=O)Nc2cccc(S(C)(=N)=O)c2)ccc(C2(C)CCC2)c1F. The third kappa shape index (κ3) is 5.22. The van der Waals surface area contributed by atoms with Crippen LogP contribution < -0.4 is 10.1 Å². The van der Waals surface area contributed by atoms with Crippen LogP contribution in [0.25, 0.3) is 0 Å². The van der Waals surface area contributed by atoms with E-state index in [1.165, 1.54) is 43.5 Å². The summed E-state index contributed by atoms with van der Waals surface area (Å²) in [6.45, 7) is 4.51. The number of carbonyl (C=O) groups excluding carboxylic acids is 1. The van der Waals surface area contributed by atoms with Crippen molar-refractivity contribution < 1.29 is 31.3 Å². The van der Waals surface area contributed by atoms with Crippen LogP contribution in [0.1, 0.15) is 58.9 Å². The van der Waals surface area contributed by atoms with E-state index in [1.54, 1.807) is 6.07 Å². The van der Waals surface area contributed by atoms with Crippen molar-refractivity contribution in [2.45, 2.75) is 56.5 Å². The first-order valence-electron chi connectivity index (χ1n) is 11.7. The monoisotopic (exact) mass is 550 g/mol. The zero-order valence-corrected chi connectivity index (χ0v) is 21.9. The van der Waals surface area contributed by atoms with Crippen LogP contribution in [0.4, 0.5) is 23.2 Å². The summed E-state index contributed by atoms with van der Waals surface area (Å²) < 4.78 is 81.6. The molecule has 12 heteroatoms. The molecule has 2 aromatic carbocycles. The first-order chi connectivity index (χ1) is 17.6. The van der Waals surface area contributed by atoms with E-state index in [4.69, 9.17) is 9.52 Å². The first kappa shape index (κ1) is 27.5. The Morgan fingerprint density at radius 3 is 2.39 bits per heavy atom. The fraction of sp³-hybridized carbons (Fsp3) is 0.346. The molecule has 2 N–H and O–H groups in total. The number of benzene rings is 2. The average molecular weight is 551 g/mol. The third-order valence-corrected chi connectivity index (χ3v) is 8.03. The van der Waals surface area contributed by atoms with Gasteiger partial charge in [-0.15, -0.1) is 10.2 Å². The van der Waals surface area contributed by atoms with Crippen molar-refractivity contribution >= 4 is 21.3 Å². The van der Waals surface area contributed by atoms with Crippen molar-refractivity contribution in [2.75, 3.05) is 11.6 Å². The molecule has 1 amide bonds. The van der Waals surface area contributed by atoms with Crippen LogP contribution in [0.3, 0.4) is 0 Å². The molecule has 0 bridgehead atoms. The number of carbonyl (C=O) groups is 1. The second-order valence-electron chi connectivity index (χ2n) is 9.74. The van der Waals surface area contributed by atoms with Gasteiger partial charge in [0.2, 0.25) is 0 Å². The van der Waals surface area contributed by atoms with Gasteiger partial charge in [0.15, 0.2) is 5.69 Å². The van der Waals surface area contributed by atoms with Gasteiger partial charge in [-0.25, -0.2) is 13.4 Å². The van der Waals surface area contributed by atoms with E-state index < -0.39 is 50.3 Å². The topological polar surface area (TPSA) is 105 Å². The summed E-state index contributed by atoms with van der Waals surface area (Å²) in [5, 5.41) is 9.23. The molecule has 7 nitrogen and oxygen atoms in total. The molecule has 1 aromatic heterocycles. The van der Waals surface area contributed by atoms with Gasteiger partial charge in [0.1, 0.15) is 17.1 Å². The standard InChI is InChI=1S/C26H26F4N4O3S/c1-14-19(10-9-18(21(14)27)25(3)11-6-12-25)37-24-20(15(2)22(33-34-24)26(28,29)30)23(35)32-16-7-5-8-17(13-16)38(4,31)36/h5,7-10,13,31H,6,11-12H2,1-4H3,(H,32,35). The van der Waals surface area contributed by atoms with Gasteiger partial charge >= 0.3 is 6.18 Å². The smallest absolute Gasteiger partial charge is 0.435 e. The number of amides is 1. The van der Waals surface area contributed by atoms with Gasteiger partial charge in [0.25, 0.3) is 11.8 Å². The molecule has 1 aliphatic carbocycles. The number of hydrogen-bond acceptors (Lipinski definition) is 6. The number of nitrogens with zero attached hydrogens (tertiary/aromatic N) is 2. The number of rotatable bonds is 6. The molecule has 1 aliphatic rings. The van der Waals surface area contributed by atoms with Crippen molar-refractivity contribution in [3.8, 4) is 11.6 Å². The molecular formula is C26H26F4N4O3S. The highest BCUT2D eigenvalue weighted by Crippen LogP contribution is 2.46. The predicted octanol–water partition coefficient (Wildman–Crippen LogP) is 6.77. The molecule has 0 radical (unpaired) electrons. The van der Waals surface area contributed by atoms with E-state index >= 15 is 4.39 Å². The van der Waals surface area contributed by atoms with Crippen molar-refractivity contribution in [3.63, 3.8) is 0 Å². The molecular weight excluding hydrogens is 524 g/mol. The summed E-state index contributed by atoms with van der Waals surface area (Å²) >= 11 is 0. The van der Waals surface area contributed by atoms with Crippen LogP contribution in [0.2, 0.25) is 0 Å². The summed E-state index contributed by atoms with van der Waals surface area (Å²) in [4.78, 5) is 13.4. The number of anilines is 1. The van der Waals surface area contributed by atoms with Crippen LogP contribution >= 0.6 is 0 Å². The molecule has 1 heterocycles. The molecule has 1 saturated carbocycles. The Labute approximate surface area is 217 Å². The van der Waals surface area contributed by atoms with Gasteiger partial charge in [0.05, 0.1) is 9.73 Å². The maximum atomic E-state index is 15.3. The lowest BCUT2D eigenvalue weighted by Crippen LogP contribution is -2.31. The van der Waals surface area contributed by atoms with E-state index in [2.05, 4.69) is 15.5 Å². The quantitative estimate of drug-likeness (QED) is 0.330. The third-order valence-electron chi connectivity index (χ3n) is 6.87. The van der Waals surface area contributed by atoms with E-state index in [0.29, 0.717) is 5.56 Å². The number of nitrogens with one attached hydrogen (secondary N) is 2. The van der Waals surface area contributed by atoms with Gasteiger partial charge in [-0.1, -0.05) is 25.5 Å². The summed E-state index contributed by atoms with van der Waals surface area (Å²) in [5.41, 5.74) is -1.99. The van der Waals surface area contributed by atoms with Crippen LogP contribution in [0.5, 0.6) is 11.6 Å². The summed E-state index contributed by atoms with van der Waals surface area (Å²) in [7, 11) is -3.11. The highest BCUT2D eigenvalue weighted by molar-refractivity contribution is 7.91. The minimum atomic E-state index is -4.90. The molecule has 0 saturated heterocycles. The second-order valence-corrected chi connectivity index (χ2v) is 11.9. The maximum Gasteiger partial charge on any atom is 0.435 e. The first-order valence-corrected chi connectivity index (χ1v) is 13.7. The van der Waals surface area contributed by atoms with Crippen LogP contribution in [-0.2, 0) is 21.3 Å². The van der Waals surface area contributed by atoms with Crippen molar-refractivity contribution in [2.24, 2.45) is 0 Å². The van der Waals surface area contributed by atoms with E-state index in [-0.39, 0.29) is 27.3 Å². The highest BCUT2D eigenvalue weighted by Gasteiger charge is 2.39. The largest absolute Gasteiger partial charge is 0.437 e. The van der Waals surface area contributed by atoms with Gasteiger partial charge in [-0.2, -0.15) is 13.2 Å². The zero-order chi connectivity index (χ0) is 28.0. The Kier molecular flexibility index (Phi) is 6.98.